The fourth-order valence-electron chi connectivity index (χ4n) is 3.26. The normalized spacial score (nSPS) is 24.3. The lowest BCUT2D eigenvalue weighted by molar-refractivity contribution is -0.153. The van der Waals surface area contributed by atoms with E-state index in [1.807, 2.05) is 35.7 Å². The van der Waals surface area contributed by atoms with Crippen molar-refractivity contribution in [1.29, 1.82) is 0 Å². The predicted octanol–water partition coefficient (Wildman–Crippen LogP) is 3.65. The van der Waals surface area contributed by atoms with Gasteiger partial charge in [-0.25, -0.2) is 0 Å². The second-order valence-corrected chi connectivity index (χ2v) is 9.79. The summed E-state index contributed by atoms with van der Waals surface area (Å²) in [6.07, 6.45) is 2.58. The third-order valence-electron chi connectivity index (χ3n) is 4.91. The largest absolute Gasteiger partial charge is 0.484 e. The number of carboxylic acid groups (broad SMARTS) is 1. The van der Waals surface area contributed by atoms with Crippen molar-refractivity contribution >= 4 is 35.4 Å². The number of likely N-dealkylation sites (tertiary alicyclic amines) is 1. The van der Waals surface area contributed by atoms with Gasteiger partial charge in [-0.15, -0.1) is 23.5 Å². The molecule has 26 heavy (non-hydrogen) atoms. The molecular formula is C19H25NO4S2. The summed E-state index contributed by atoms with van der Waals surface area (Å²) in [6, 6.07) is 7.96. The zero-order valence-corrected chi connectivity index (χ0v) is 16.6. The van der Waals surface area contributed by atoms with E-state index in [9.17, 15) is 14.7 Å². The minimum Gasteiger partial charge on any atom is -0.484 e. The summed E-state index contributed by atoms with van der Waals surface area (Å²) in [7, 11) is 0. The number of amides is 1. The van der Waals surface area contributed by atoms with Crippen molar-refractivity contribution in [2.24, 2.45) is 5.41 Å². The van der Waals surface area contributed by atoms with E-state index in [-0.39, 0.29) is 19.1 Å². The lowest BCUT2D eigenvalue weighted by atomic mass is 9.82. The molecule has 0 saturated carbocycles. The molecule has 2 aliphatic heterocycles. The van der Waals surface area contributed by atoms with Crippen molar-refractivity contribution in [2.75, 3.05) is 31.2 Å². The van der Waals surface area contributed by atoms with Crippen LogP contribution in [-0.4, -0.2) is 53.1 Å². The van der Waals surface area contributed by atoms with E-state index in [0.717, 1.165) is 0 Å². The van der Waals surface area contributed by atoms with Crippen LogP contribution in [0.3, 0.4) is 0 Å². The van der Waals surface area contributed by atoms with Gasteiger partial charge in [0.1, 0.15) is 5.75 Å². The maximum absolute atomic E-state index is 12.4. The van der Waals surface area contributed by atoms with Crippen molar-refractivity contribution in [3.63, 3.8) is 0 Å². The summed E-state index contributed by atoms with van der Waals surface area (Å²) in [5, 5.41) is 9.37. The van der Waals surface area contributed by atoms with Crippen LogP contribution in [0.15, 0.2) is 24.3 Å². The minimum absolute atomic E-state index is 0.0536. The molecule has 0 bridgehead atoms. The highest BCUT2D eigenvalue weighted by Crippen LogP contribution is 2.43. The molecule has 1 aromatic carbocycles. The summed E-state index contributed by atoms with van der Waals surface area (Å²) in [4.78, 5) is 25.4. The fraction of sp³-hybridized carbons (Fsp3) is 0.579. The van der Waals surface area contributed by atoms with E-state index in [4.69, 9.17) is 4.74 Å². The number of piperidine rings is 1. The molecular weight excluding hydrogens is 370 g/mol. The number of thioether (sulfide) groups is 2. The Labute approximate surface area is 162 Å². The van der Waals surface area contributed by atoms with Crippen LogP contribution < -0.4 is 4.74 Å². The molecule has 0 spiro atoms. The van der Waals surface area contributed by atoms with E-state index >= 15 is 0 Å². The summed E-state index contributed by atoms with van der Waals surface area (Å²) < 4.78 is 6.13. The Morgan fingerprint density at radius 3 is 2.58 bits per heavy atom. The quantitative estimate of drug-likeness (QED) is 0.821. The van der Waals surface area contributed by atoms with Crippen LogP contribution in [0, 0.1) is 5.41 Å². The van der Waals surface area contributed by atoms with Crippen molar-refractivity contribution in [1.82, 2.24) is 4.90 Å². The van der Waals surface area contributed by atoms with Crippen LogP contribution in [0.2, 0.25) is 0 Å². The highest BCUT2D eigenvalue weighted by atomic mass is 32.2. The summed E-state index contributed by atoms with van der Waals surface area (Å²) in [6.45, 7) is 2.50. The number of ether oxygens (including phenoxy) is 1. The first-order valence-corrected chi connectivity index (χ1v) is 11.0. The molecule has 5 nitrogen and oxygen atoms in total. The average molecular weight is 396 g/mol. The minimum atomic E-state index is -0.856. The molecule has 2 fully saturated rings. The molecule has 1 atom stereocenters. The van der Waals surface area contributed by atoms with E-state index in [2.05, 4.69) is 12.1 Å². The number of hydrogen-bond acceptors (Lipinski definition) is 5. The van der Waals surface area contributed by atoms with Gasteiger partial charge in [0.15, 0.2) is 6.61 Å². The number of benzene rings is 1. The molecule has 1 amide bonds. The number of nitrogens with zero attached hydrogens (tertiary/aromatic N) is 1. The Morgan fingerprint density at radius 2 is 1.92 bits per heavy atom. The Bertz CT molecular complexity index is 645. The Hall–Kier alpha value is -1.34. The van der Waals surface area contributed by atoms with Crippen molar-refractivity contribution in [2.45, 2.75) is 30.8 Å². The molecule has 1 N–H and O–H groups in total. The maximum Gasteiger partial charge on any atom is 0.311 e. The first kappa shape index (κ1) is 19.4. The highest BCUT2D eigenvalue weighted by molar-refractivity contribution is 8.16. The number of carbonyl (C=O) groups is 2. The van der Waals surface area contributed by atoms with Crippen LogP contribution >= 0.6 is 23.5 Å². The molecule has 1 unspecified atom stereocenters. The zero-order valence-electron chi connectivity index (χ0n) is 15.0. The van der Waals surface area contributed by atoms with Crippen molar-refractivity contribution < 1.29 is 19.4 Å². The van der Waals surface area contributed by atoms with E-state index in [1.54, 1.807) is 11.8 Å². The van der Waals surface area contributed by atoms with E-state index in [0.29, 0.717) is 29.7 Å². The monoisotopic (exact) mass is 395 g/mol. The summed E-state index contributed by atoms with van der Waals surface area (Å²) in [5.41, 5.74) is 0.428. The molecule has 0 aromatic heterocycles. The Kier molecular flexibility index (Phi) is 6.40. The lowest BCUT2D eigenvalue weighted by Crippen LogP contribution is -2.49. The van der Waals surface area contributed by atoms with E-state index < -0.39 is 11.4 Å². The number of hydrogen-bond donors (Lipinski definition) is 1. The molecule has 2 saturated heterocycles. The molecule has 2 heterocycles. The van der Waals surface area contributed by atoms with Gasteiger partial charge in [0.2, 0.25) is 0 Å². The van der Waals surface area contributed by atoms with Crippen LogP contribution in [-0.2, 0) is 9.59 Å². The molecule has 3 rings (SSSR count). The van der Waals surface area contributed by atoms with Gasteiger partial charge in [0.25, 0.3) is 5.91 Å². The second-order valence-electron chi connectivity index (χ2n) is 7.07. The average Bonchev–Trinajstić information content (AvgIpc) is 2.67. The number of carboxylic acids is 1. The smallest absolute Gasteiger partial charge is 0.311 e. The second kappa shape index (κ2) is 8.57. The maximum atomic E-state index is 12.4. The highest BCUT2D eigenvalue weighted by Gasteiger charge is 2.39. The van der Waals surface area contributed by atoms with E-state index in [1.165, 1.54) is 23.5 Å². The Morgan fingerprint density at radius 1 is 1.23 bits per heavy atom. The topological polar surface area (TPSA) is 66.8 Å². The van der Waals surface area contributed by atoms with Crippen LogP contribution in [0.1, 0.15) is 36.3 Å². The van der Waals surface area contributed by atoms with Crippen molar-refractivity contribution in [3.05, 3.63) is 29.8 Å². The molecule has 0 aliphatic carbocycles. The fourth-order valence-corrected chi connectivity index (χ4v) is 6.16. The Balaban J connectivity index is 1.52. The summed E-state index contributed by atoms with van der Waals surface area (Å²) in [5.74, 6) is 2.08. The van der Waals surface area contributed by atoms with Crippen LogP contribution in [0.5, 0.6) is 5.75 Å². The molecule has 2 aliphatic rings. The van der Waals surface area contributed by atoms with Gasteiger partial charge in [-0.2, -0.15) is 0 Å². The SMILES string of the molecule is CC1(C(=O)O)CCCN(C(=O)COc2ccc(C3SCCCS3)cc2)C1. The molecule has 7 heteroatoms. The standard InChI is InChI=1S/C19H25NO4S2/c1-19(18(22)23)8-2-9-20(13-19)16(21)12-24-15-6-4-14(5-7-15)17-25-10-3-11-26-17/h4-7,17H,2-3,8-13H2,1H3,(H,22,23). The number of aliphatic carboxylic acids is 1. The first-order valence-electron chi connectivity index (χ1n) is 8.95. The first-order chi connectivity index (χ1) is 12.5. The predicted molar refractivity (Wildman–Crippen MR) is 106 cm³/mol. The van der Waals surface area contributed by atoms with Crippen LogP contribution in [0.25, 0.3) is 0 Å². The third kappa shape index (κ3) is 4.68. The summed E-state index contributed by atoms with van der Waals surface area (Å²) >= 11 is 3.95. The zero-order chi connectivity index (χ0) is 18.6. The van der Waals surface area contributed by atoms with Gasteiger partial charge in [0.05, 0.1) is 10.00 Å². The van der Waals surface area contributed by atoms with Gasteiger partial charge in [-0.3, -0.25) is 9.59 Å². The number of carbonyl (C=O) groups excluding carboxylic acids is 1. The number of rotatable bonds is 5. The van der Waals surface area contributed by atoms with Gasteiger partial charge in [0, 0.05) is 13.1 Å². The van der Waals surface area contributed by atoms with Crippen LogP contribution in [0.4, 0.5) is 0 Å². The third-order valence-corrected chi connectivity index (χ3v) is 7.92. The van der Waals surface area contributed by atoms with Gasteiger partial charge in [-0.1, -0.05) is 12.1 Å². The molecule has 142 valence electrons. The molecule has 1 aromatic rings. The van der Waals surface area contributed by atoms with Gasteiger partial charge >= 0.3 is 5.97 Å². The van der Waals surface area contributed by atoms with Gasteiger partial charge in [-0.05, 0) is 55.4 Å². The van der Waals surface area contributed by atoms with Gasteiger partial charge < -0.3 is 14.7 Å². The lowest BCUT2D eigenvalue weighted by Gasteiger charge is -2.37. The van der Waals surface area contributed by atoms with Crippen molar-refractivity contribution in [3.8, 4) is 5.75 Å². The molecule has 0 radical (unpaired) electrons.